The molecule has 0 unspecified atom stereocenters. The molecule has 0 bridgehead atoms. The summed E-state index contributed by atoms with van der Waals surface area (Å²) in [6.07, 6.45) is 6.70. The molecule has 0 amide bonds. The standard InChI is InChI=1S/C15H25FO/c1-12(2)6-5-7-14(4)15(16)9-8-13(3)10-11-17/h6,10,17H,5,7-9,11H2,1-4H3/b13-10+,15-14-. The number of aliphatic hydroxyl groups is 1. The average molecular weight is 240 g/mol. The van der Waals surface area contributed by atoms with Gasteiger partial charge in [0.25, 0.3) is 0 Å². The number of hydrogen-bond donors (Lipinski definition) is 1. The van der Waals surface area contributed by atoms with Crippen LogP contribution in [0.15, 0.2) is 34.7 Å². The highest BCUT2D eigenvalue weighted by Crippen LogP contribution is 2.19. The summed E-state index contributed by atoms with van der Waals surface area (Å²) < 4.78 is 13.7. The number of halogens is 1. The van der Waals surface area contributed by atoms with Crippen LogP contribution in [0.2, 0.25) is 0 Å². The minimum absolute atomic E-state index is 0.00199. The quantitative estimate of drug-likeness (QED) is 0.640. The van der Waals surface area contributed by atoms with Gasteiger partial charge >= 0.3 is 0 Å². The summed E-state index contributed by atoms with van der Waals surface area (Å²) in [5.74, 6) is -0.00199. The van der Waals surface area contributed by atoms with Gasteiger partial charge in [-0.15, -0.1) is 0 Å². The van der Waals surface area contributed by atoms with E-state index in [0.717, 1.165) is 24.0 Å². The van der Waals surface area contributed by atoms with Crippen molar-refractivity contribution in [1.29, 1.82) is 0 Å². The van der Waals surface area contributed by atoms with Crippen molar-refractivity contribution in [2.45, 2.75) is 53.4 Å². The van der Waals surface area contributed by atoms with Gasteiger partial charge in [-0.3, -0.25) is 0 Å². The van der Waals surface area contributed by atoms with Gasteiger partial charge in [0.1, 0.15) is 0 Å². The van der Waals surface area contributed by atoms with Crippen LogP contribution in [0, 0.1) is 0 Å². The molecular formula is C15H25FO. The van der Waals surface area contributed by atoms with Gasteiger partial charge in [-0.1, -0.05) is 23.3 Å². The molecule has 1 N–H and O–H groups in total. The normalized spacial score (nSPS) is 13.4. The number of allylic oxidation sites excluding steroid dienone is 5. The van der Waals surface area contributed by atoms with Crippen LogP contribution in [0.4, 0.5) is 4.39 Å². The summed E-state index contributed by atoms with van der Waals surface area (Å²) in [4.78, 5) is 0. The first kappa shape index (κ1) is 16.1. The zero-order valence-electron chi connectivity index (χ0n) is 11.5. The zero-order chi connectivity index (χ0) is 13.3. The van der Waals surface area contributed by atoms with E-state index >= 15 is 0 Å². The second-order valence-corrected chi connectivity index (χ2v) is 4.74. The third-order valence-electron chi connectivity index (χ3n) is 2.71. The monoisotopic (exact) mass is 240 g/mol. The molecule has 0 saturated heterocycles. The molecule has 0 aromatic carbocycles. The number of rotatable bonds is 7. The lowest BCUT2D eigenvalue weighted by atomic mass is 10.1. The Hall–Kier alpha value is -0.890. The molecule has 0 radical (unpaired) electrons. The van der Waals surface area contributed by atoms with Gasteiger partial charge < -0.3 is 5.11 Å². The van der Waals surface area contributed by atoms with Crippen molar-refractivity contribution >= 4 is 0 Å². The fraction of sp³-hybridized carbons (Fsp3) is 0.600. The highest BCUT2D eigenvalue weighted by molar-refractivity contribution is 5.09. The van der Waals surface area contributed by atoms with E-state index in [1.807, 2.05) is 13.8 Å². The van der Waals surface area contributed by atoms with Crippen molar-refractivity contribution in [2.75, 3.05) is 6.61 Å². The number of aliphatic hydroxyl groups excluding tert-OH is 1. The smallest absolute Gasteiger partial charge is 0.0992 e. The fourth-order valence-electron chi connectivity index (χ4n) is 1.49. The Balaban J connectivity index is 4.12. The molecule has 0 aromatic heterocycles. The van der Waals surface area contributed by atoms with Crippen molar-refractivity contribution in [3.05, 3.63) is 34.7 Å². The van der Waals surface area contributed by atoms with Crippen LogP contribution in [-0.2, 0) is 0 Å². The average Bonchev–Trinajstić information content (AvgIpc) is 2.25. The Kier molecular flexibility index (Phi) is 8.69. The molecule has 1 nitrogen and oxygen atoms in total. The first-order valence-electron chi connectivity index (χ1n) is 6.21. The van der Waals surface area contributed by atoms with Crippen LogP contribution in [0.3, 0.4) is 0 Å². The van der Waals surface area contributed by atoms with Gasteiger partial charge in [-0.2, -0.15) is 0 Å². The highest BCUT2D eigenvalue weighted by atomic mass is 19.1. The summed E-state index contributed by atoms with van der Waals surface area (Å²) >= 11 is 0. The molecule has 98 valence electrons. The molecule has 0 aliphatic rings. The van der Waals surface area contributed by atoms with E-state index in [0.29, 0.717) is 12.8 Å². The molecule has 0 aliphatic heterocycles. The van der Waals surface area contributed by atoms with Crippen LogP contribution in [0.1, 0.15) is 53.4 Å². The third-order valence-corrected chi connectivity index (χ3v) is 2.71. The fourth-order valence-corrected chi connectivity index (χ4v) is 1.49. The molecule has 2 heteroatoms. The van der Waals surface area contributed by atoms with Crippen molar-refractivity contribution < 1.29 is 9.50 Å². The lowest BCUT2D eigenvalue weighted by Crippen LogP contribution is -1.87. The van der Waals surface area contributed by atoms with Crippen molar-refractivity contribution in [3.63, 3.8) is 0 Å². The summed E-state index contributed by atoms with van der Waals surface area (Å²) in [5.41, 5.74) is 3.17. The van der Waals surface area contributed by atoms with E-state index in [9.17, 15) is 4.39 Å². The molecule has 0 heterocycles. The van der Waals surface area contributed by atoms with Gasteiger partial charge in [-0.05, 0) is 52.5 Å². The Morgan fingerprint density at radius 3 is 2.18 bits per heavy atom. The SMILES string of the molecule is CC(C)=CCC/C(C)=C(\F)CC/C(C)=C/CO. The van der Waals surface area contributed by atoms with E-state index in [-0.39, 0.29) is 12.4 Å². The molecular weight excluding hydrogens is 215 g/mol. The Bertz CT molecular complexity index is 307. The van der Waals surface area contributed by atoms with Crippen LogP contribution in [0.5, 0.6) is 0 Å². The van der Waals surface area contributed by atoms with Gasteiger partial charge in [0, 0.05) is 6.42 Å². The summed E-state index contributed by atoms with van der Waals surface area (Å²) in [5, 5.41) is 8.69. The number of hydrogen-bond acceptors (Lipinski definition) is 1. The topological polar surface area (TPSA) is 20.2 Å². The summed E-state index contributed by atoms with van der Waals surface area (Å²) in [7, 11) is 0. The molecule has 0 atom stereocenters. The Morgan fingerprint density at radius 2 is 1.65 bits per heavy atom. The first-order valence-corrected chi connectivity index (χ1v) is 6.21. The van der Waals surface area contributed by atoms with Gasteiger partial charge in [0.15, 0.2) is 0 Å². The molecule has 0 fully saturated rings. The minimum atomic E-state index is -0.00199. The van der Waals surface area contributed by atoms with Gasteiger partial charge in [0.2, 0.25) is 0 Å². The molecule has 0 rings (SSSR count). The predicted octanol–water partition coefficient (Wildman–Crippen LogP) is 4.70. The highest BCUT2D eigenvalue weighted by Gasteiger charge is 2.02. The van der Waals surface area contributed by atoms with Crippen molar-refractivity contribution in [2.24, 2.45) is 0 Å². The third kappa shape index (κ3) is 8.87. The molecule has 0 saturated carbocycles. The molecule has 0 aliphatic carbocycles. The first-order chi connectivity index (χ1) is 7.97. The van der Waals surface area contributed by atoms with Gasteiger partial charge in [0.05, 0.1) is 12.4 Å². The predicted molar refractivity (Wildman–Crippen MR) is 72.5 cm³/mol. The summed E-state index contributed by atoms with van der Waals surface area (Å²) in [6.45, 7) is 7.93. The van der Waals surface area contributed by atoms with E-state index in [4.69, 9.17) is 5.11 Å². The Labute approximate surface area is 105 Å². The van der Waals surface area contributed by atoms with Crippen LogP contribution in [0.25, 0.3) is 0 Å². The van der Waals surface area contributed by atoms with E-state index in [1.54, 1.807) is 6.08 Å². The second kappa shape index (κ2) is 9.17. The Morgan fingerprint density at radius 1 is 1.00 bits per heavy atom. The maximum atomic E-state index is 13.7. The largest absolute Gasteiger partial charge is 0.392 e. The second-order valence-electron chi connectivity index (χ2n) is 4.74. The summed E-state index contributed by atoms with van der Waals surface area (Å²) in [6, 6.07) is 0. The van der Waals surface area contributed by atoms with Crippen molar-refractivity contribution in [3.8, 4) is 0 Å². The van der Waals surface area contributed by atoms with E-state index in [2.05, 4.69) is 19.9 Å². The van der Waals surface area contributed by atoms with Crippen molar-refractivity contribution in [1.82, 2.24) is 0 Å². The van der Waals surface area contributed by atoms with Crippen LogP contribution in [-0.4, -0.2) is 11.7 Å². The minimum Gasteiger partial charge on any atom is -0.392 e. The van der Waals surface area contributed by atoms with E-state index < -0.39 is 0 Å². The van der Waals surface area contributed by atoms with Crippen LogP contribution >= 0.6 is 0 Å². The lowest BCUT2D eigenvalue weighted by Gasteiger charge is -2.04. The molecule has 0 spiro atoms. The maximum absolute atomic E-state index is 13.7. The van der Waals surface area contributed by atoms with Gasteiger partial charge in [-0.25, -0.2) is 4.39 Å². The lowest BCUT2D eigenvalue weighted by molar-refractivity contribution is 0.341. The molecule has 0 aromatic rings. The van der Waals surface area contributed by atoms with Crippen LogP contribution < -0.4 is 0 Å². The maximum Gasteiger partial charge on any atom is 0.0992 e. The van der Waals surface area contributed by atoms with E-state index in [1.165, 1.54) is 5.57 Å². The molecule has 17 heavy (non-hydrogen) atoms. The zero-order valence-corrected chi connectivity index (χ0v) is 11.5.